The highest BCUT2D eigenvalue weighted by atomic mass is 32.1. The van der Waals surface area contributed by atoms with Crippen molar-refractivity contribution >= 4 is 27.4 Å². The smallest absolute Gasteiger partial charge is 0.142 e. The third-order valence-corrected chi connectivity index (χ3v) is 6.04. The molecular formula is C24H24FN3S. The number of nitrogens with zero attached hydrogens (tertiary/aromatic N) is 3. The zero-order valence-corrected chi connectivity index (χ0v) is 17.9. The standard InChI is InChI=1S/C24H24FN3S/c1-15(2)28(14-18-8-6-5-7-9-18)23-22-21(19-10-12-20(25)13-11-19)16(3)29-24(22)27-17(4)26-23/h5-13,15H,14H2,1-4H3. The molecule has 0 saturated heterocycles. The molecule has 0 atom stereocenters. The largest absolute Gasteiger partial charge is 0.349 e. The number of thiophene rings is 1. The van der Waals surface area contributed by atoms with Crippen molar-refractivity contribution in [2.75, 3.05) is 4.90 Å². The van der Waals surface area contributed by atoms with Crippen molar-refractivity contribution in [1.82, 2.24) is 9.97 Å². The predicted octanol–water partition coefficient (Wildman–Crippen LogP) is 6.53. The number of aromatic nitrogens is 2. The molecule has 29 heavy (non-hydrogen) atoms. The monoisotopic (exact) mass is 405 g/mol. The van der Waals surface area contributed by atoms with E-state index in [0.717, 1.165) is 44.4 Å². The zero-order chi connectivity index (χ0) is 20.5. The third kappa shape index (κ3) is 3.87. The van der Waals surface area contributed by atoms with E-state index in [4.69, 9.17) is 9.97 Å². The van der Waals surface area contributed by atoms with E-state index in [1.54, 1.807) is 11.3 Å². The lowest BCUT2D eigenvalue weighted by Gasteiger charge is -2.29. The minimum atomic E-state index is -0.230. The summed E-state index contributed by atoms with van der Waals surface area (Å²) in [5.74, 6) is 1.47. The Hall–Kier alpha value is -2.79. The first-order valence-electron chi connectivity index (χ1n) is 9.78. The van der Waals surface area contributed by atoms with Crippen LogP contribution in [0, 0.1) is 19.7 Å². The molecule has 0 aliphatic rings. The normalized spacial score (nSPS) is 11.4. The topological polar surface area (TPSA) is 29.0 Å². The van der Waals surface area contributed by atoms with Crippen LogP contribution in [0.3, 0.4) is 0 Å². The summed E-state index contributed by atoms with van der Waals surface area (Å²) < 4.78 is 13.5. The van der Waals surface area contributed by atoms with E-state index in [9.17, 15) is 4.39 Å². The fourth-order valence-electron chi connectivity index (χ4n) is 3.65. The Morgan fingerprint density at radius 2 is 1.66 bits per heavy atom. The maximum atomic E-state index is 13.5. The fraction of sp³-hybridized carbons (Fsp3) is 0.250. The number of hydrogen-bond donors (Lipinski definition) is 0. The number of hydrogen-bond acceptors (Lipinski definition) is 4. The summed E-state index contributed by atoms with van der Waals surface area (Å²) in [5, 5.41) is 1.05. The van der Waals surface area contributed by atoms with Gasteiger partial charge in [0.1, 0.15) is 22.3 Å². The lowest BCUT2D eigenvalue weighted by Crippen LogP contribution is -2.31. The minimum Gasteiger partial charge on any atom is -0.349 e. The molecule has 0 aliphatic carbocycles. The van der Waals surface area contributed by atoms with Crippen molar-refractivity contribution in [2.24, 2.45) is 0 Å². The summed E-state index contributed by atoms with van der Waals surface area (Å²) >= 11 is 1.67. The van der Waals surface area contributed by atoms with E-state index < -0.39 is 0 Å². The van der Waals surface area contributed by atoms with Crippen molar-refractivity contribution in [3.8, 4) is 11.1 Å². The lowest BCUT2D eigenvalue weighted by atomic mass is 10.0. The van der Waals surface area contributed by atoms with Crippen LogP contribution in [0.1, 0.15) is 30.1 Å². The molecular weight excluding hydrogens is 381 g/mol. The number of aryl methyl sites for hydroxylation is 2. The Balaban J connectivity index is 1.93. The molecule has 2 aromatic heterocycles. The van der Waals surface area contributed by atoms with E-state index in [1.807, 2.05) is 25.1 Å². The first-order chi connectivity index (χ1) is 13.9. The average Bonchev–Trinajstić information content (AvgIpc) is 3.02. The summed E-state index contributed by atoms with van der Waals surface area (Å²) in [6, 6.07) is 17.4. The maximum Gasteiger partial charge on any atom is 0.142 e. The lowest BCUT2D eigenvalue weighted by molar-refractivity contribution is 0.628. The van der Waals surface area contributed by atoms with Gasteiger partial charge in [-0.15, -0.1) is 11.3 Å². The van der Waals surface area contributed by atoms with Crippen molar-refractivity contribution in [3.05, 3.63) is 76.7 Å². The van der Waals surface area contributed by atoms with Crippen LogP contribution in [0.25, 0.3) is 21.3 Å². The van der Waals surface area contributed by atoms with Gasteiger partial charge in [-0.05, 0) is 51.0 Å². The van der Waals surface area contributed by atoms with Crippen molar-refractivity contribution in [1.29, 1.82) is 0 Å². The van der Waals surface area contributed by atoms with Crippen LogP contribution in [0.2, 0.25) is 0 Å². The summed E-state index contributed by atoms with van der Waals surface area (Å²) in [4.78, 5) is 14.1. The molecule has 0 fully saturated rings. The quantitative estimate of drug-likeness (QED) is 0.378. The second kappa shape index (κ2) is 7.91. The molecule has 5 heteroatoms. The summed E-state index contributed by atoms with van der Waals surface area (Å²) in [7, 11) is 0. The van der Waals surface area contributed by atoms with Crippen LogP contribution in [0.5, 0.6) is 0 Å². The Bertz CT molecular complexity index is 1130. The molecule has 0 radical (unpaired) electrons. The van der Waals surface area contributed by atoms with Crippen molar-refractivity contribution in [2.45, 2.75) is 40.3 Å². The SMILES string of the molecule is Cc1nc(N(Cc2ccccc2)C(C)C)c2c(-c3ccc(F)cc3)c(C)sc2n1. The van der Waals surface area contributed by atoms with E-state index in [2.05, 4.69) is 49.9 Å². The number of rotatable bonds is 5. The number of halogens is 1. The van der Waals surface area contributed by atoms with Gasteiger partial charge >= 0.3 is 0 Å². The molecule has 0 saturated carbocycles. The highest BCUT2D eigenvalue weighted by Crippen LogP contribution is 2.42. The molecule has 0 N–H and O–H groups in total. The molecule has 0 aliphatic heterocycles. The average molecular weight is 406 g/mol. The van der Waals surface area contributed by atoms with Gasteiger partial charge in [0.05, 0.1) is 5.39 Å². The van der Waals surface area contributed by atoms with E-state index in [1.165, 1.54) is 17.7 Å². The Kier molecular flexibility index (Phi) is 5.33. The van der Waals surface area contributed by atoms with Gasteiger partial charge in [-0.1, -0.05) is 42.5 Å². The van der Waals surface area contributed by atoms with Gasteiger partial charge in [-0.2, -0.15) is 0 Å². The van der Waals surface area contributed by atoms with Crippen LogP contribution in [-0.4, -0.2) is 16.0 Å². The first-order valence-corrected chi connectivity index (χ1v) is 10.6. The van der Waals surface area contributed by atoms with Crippen LogP contribution in [-0.2, 0) is 6.54 Å². The maximum absolute atomic E-state index is 13.5. The van der Waals surface area contributed by atoms with E-state index >= 15 is 0 Å². The van der Waals surface area contributed by atoms with Gasteiger partial charge in [-0.25, -0.2) is 14.4 Å². The highest BCUT2D eigenvalue weighted by Gasteiger charge is 2.23. The summed E-state index contributed by atoms with van der Waals surface area (Å²) in [6.45, 7) is 9.17. The minimum absolute atomic E-state index is 0.230. The first kappa shape index (κ1) is 19.5. The van der Waals surface area contributed by atoms with Gasteiger partial charge in [0, 0.05) is 23.0 Å². The van der Waals surface area contributed by atoms with Crippen LogP contribution < -0.4 is 4.90 Å². The molecule has 0 amide bonds. The van der Waals surface area contributed by atoms with Crippen molar-refractivity contribution < 1.29 is 4.39 Å². The summed E-state index contributed by atoms with van der Waals surface area (Å²) in [5.41, 5.74) is 3.33. The molecule has 4 aromatic rings. The second-order valence-electron chi connectivity index (χ2n) is 7.52. The van der Waals surface area contributed by atoms with Gasteiger partial charge in [0.15, 0.2) is 0 Å². The Labute approximate surface area is 174 Å². The molecule has 0 unspecified atom stereocenters. The molecule has 3 nitrogen and oxygen atoms in total. The van der Waals surface area contributed by atoms with Gasteiger partial charge in [-0.3, -0.25) is 0 Å². The molecule has 2 heterocycles. The van der Waals surface area contributed by atoms with E-state index in [0.29, 0.717) is 0 Å². The molecule has 0 spiro atoms. The third-order valence-electron chi connectivity index (χ3n) is 5.04. The Morgan fingerprint density at radius 3 is 2.31 bits per heavy atom. The van der Waals surface area contributed by atoms with E-state index in [-0.39, 0.29) is 11.9 Å². The van der Waals surface area contributed by atoms with Crippen molar-refractivity contribution in [3.63, 3.8) is 0 Å². The molecule has 0 bridgehead atoms. The van der Waals surface area contributed by atoms with Gasteiger partial charge in [0.25, 0.3) is 0 Å². The van der Waals surface area contributed by atoms with Crippen LogP contribution in [0.4, 0.5) is 10.2 Å². The molecule has 2 aromatic carbocycles. The number of benzene rings is 2. The van der Waals surface area contributed by atoms with Gasteiger partial charge < -0.3 is 4.90 Å². The number of anilines is 1. The highest BCUT2D eigenvalue weighted by molar-refractivity contribution is 7.19. The Morgan fingerprint density at radius 1 is 0.966 bits per heavy atom. The second-order valence-corrected chi connectivity index (χ2v) is 8.73. The summed E-state index contributed by atoms with van der Waals surface area (Å²) in [6.07, 6.45) is 0. The van der Waals surface area contributed by atoms with Gasteiger partial charge in [0.2, 0.25) is 0 Å². The van der Waals surface area contributed by atoms with Crippen LogP contribution >= 0.6 is 11.3 Å². The molecule has 4 rings (SSSR count). The number of fused-ring (bicyclic) bond motifs is 1. The fourth-order valence-corrected chi connectivity index (χ4v) is 4.74. The predicted molar refractivity (Wildman–Crippen MR) is 120 cm³/mol. The molecule has 148 valence electrons. The van der Waals surface area contributed by atoms with Crippen LogP contribution in [0.15, 0.2) is 54.6 Å². The zero-order valence-electron chi connectivity index (χ0n) is 17.1.